The molecule has 2 heterocycles. The van der Waals surface area contributed by atoms with Gasteiger partial charge in [0.2, 0.25) is 23.6 Å². The quantitative estimate of drug-likeness (QED) is 0.241. The summed E-state index contributed by atoms with van der Waals surface area (Å²) < 4.78 is 10.2. The lowest BCUT2D eigenvalue weighted by atomic mass is 9.51. The molecule has 0 unspecified atom stereocenters. The fourth-order valence-corrected chi connectivity index (χ4v) is 9.67. The third-order valence-electron chi connectivity index (χ3n) is 11.6. The summed E-state index contributed by atoms with van der Waals surface area (Å²) in [5.74, 6) is -3.16. The molecule has 0 N–H and O–H groups in total. The summed E-state index contributed by atoms with van der Waals surface area (Å²) in [7, 11) is 2.70. The van der Waals surface area contributed by atoms with Crippen LogP contribution in [0, 0.1) is 46.3 Å². The Morgan fingerprint density at radius 3 is 1.30 bits per heavy atom. The molecule has 8 fully saturated rings. The van der Waals surface area contributed by atoms with E-state index in [2.05, 4.69) is 0 Å². The number of rotatable bonds is 9. The SMILES string of the molecule is COC(=O)C12CCC(CC1)[C@H]1C(=O)N(CCCCCCN3C(=O)[C@H]4C5CCC(C(=O)OC)(CC5)[C@H]4C3=O)C(=O)[C@H]12. The van der Waals surface area contributed by atoms with Crippen LogP contribution in [0.4, 0.5) is 0 Å². The summed E-state index contributed by atoms with van der Waals surface area (Å²) in [4.78, 5) is 81.6. The summed E-state index contributed by atoms with van der Waals surface area (Å²) in [5.41, 5.74) is -1.73. The van der Waals surface area contributed by atoms with E-state index >= 15 is 0 Å². The van der Waals surface area contributed by atoms with Crippen molar-refractivity contribution in [2.75, 3.05) is 27.3 Å². The summed E-state index contributed by atoms with van der Waals surface area (Å²) in [6.45, 7) is 0.646. The van der Waals surface area contributed by atoms with Gasteiger partial charge in [-0.05, 0) is 76.0 Å². The average Bonchev–Trinajstić information content (AvgIpc) is 3.42. The molecule has 0 aromatic carbocycles. The highest BCUT2D eigenvalue weighted by Crippen LogP contribution is 2.61. The Morgan fingerprint density at radius 2 is 0.975 bits per heavy atom. The zero-order valence-electron chi connectivity index (χ0n) is 23.5. The van der Waals surface area contributed by atoms with E-state index in [0.717, 1.165) is 38.5 Å². The molecule has 40 heavy (non-hydrogen) atoms. The molecule has 0 spiro atoms. The average molecular weight is 557 g/mol. The third-order valence-corrected chi connectivity index (χ3v) is 11.6. The number of imide groups is 2. The monoisotopic (exact) mass is 556 g/mol. The Bertz CT molecular complexity index is 1040. The van der Waals surface area contributed by atoms with Crippen LogP contribution in [0.1, 0.15) is 77.0 Å². The van der Waals surface area contributed by atoms with Gasteiger partial charge in [-0.1, -0.05) is 12.8 Å². The van der Waals surface area contributed by atoms with Gasteiger partial charge in [0.05, 0.1) is 48.7 Å². The molecule has 10 heteroatoms. The van der Waals surface area contributed by atoms with E-state index in [9.17, 15) is 28.8 Å². The van der Waals surface area contributed by atoms with Crippen molar-refractivity contribution >= 4 is 35.6 Å². The number of esters is 2. The normalized spacial score (nSPS) is 39.5. The lowest BCUT2D eigenvalue weighted by Crippen LogP contribution is -2.54. The molecule has 10 nitrogen and oxygen atoms in total. The van der Waals surface area contributed by atoms with Crippen molar-refractivity contribution in [3.63, 3.8) is 0 Å². The largest absolute Gasteiger partial charge is 0.469 e. The van der Waals surface area contributed by atoms with Crippen LogP contribution >= 0.6 is 0 Å². The van der Waals surface area contributed by atoms with Crippen molar-refractivity contribution in [2.45, 2.75) is 77.0 Å². The van der Waals surface area contributed by atoms with Crippen molar-refractivity contribution in [2.24, 2.45) is 46.3 Å². The number of hydrogen-bond donors (Lipinski definition) is 0. The second-order valence-electron chi connectivity index (χ2n) is 13.0. The zero-order valence-corrected chi connectivity index (χ0v) is 23.5. The first-order chi connectivity index (χ1) is 19.2. The molecule has 0 aromatic rings. The van der Waals surface area contributed by atoms with Gasteiger partial charge in [0.1, 0.15) is 0 Å². The van der Waals surface area contributed by atoms with Crippen molar-refractivity contribution < 1.29 is 38.2 Å². The zero-order chi connectivity index (χ0) is 28.4. The van der Waals surface area contributed by atoms with Crippen molar-refractivity contribution in [1.82, 2.24) is 9.80 Å². The Balaban J connectivity index is 1.02. The van der Waals surface area contributed by atoms with Crippen LogP contribution in [0.15, 0.2) is 0 Å². The molecule has 4 amide bonds. The van der Waals surface area contributed by atoms with Crippen LogP contribution in [-0.4, -0.2) is 72.7 Å². The summed E-state index contributed by atoms with van der Waals surface area (Å²) in [6, 6.07) is 0. The number of nitrogens with zero attached hydrogens (tertiary/aromatic N) is 2. The molecule has 4 atom stereocenters. The summed E-state index contributed by atoms with van der Waals surface area (Å²) >= 11 is 0. The van der Waals surface area contributed by atoms with Gasteiger partial charge in [0.15, 0.2) is 0 Å². The lowest BCUT2D eigenvalue weighted by molar-refractivity contribution is -0.173. The van der Waals surface area contributed by atoms with Gasteiger partial charge in [0.25, 0.3) is 0 Å². The Labute approximate surface area is 234 Å². The van der Waals surface area contributed by atoms with Crippen molar-refractivity contribution in [3.05, 3.63) is 0 Å². The first-order valence-corrected chi connectivity index (χ1v) is 15.1. The maximum Gasteiger partial charge on any atom is 0.312 e. The molecule has 8 aliphatic rings. The predicted octanol–water partition coefficient (Wildman–Crippen LogP) is 2.48. The van der Waals surface area contributed by atoms with E-state index in [1.54, 1.807) is 0 Å². The number of unbranched alkanes of at least 4 members (excludes halogenated alkanes) is 3. The summed E-state index contributed by atoms with van der Waals surface area (Å²) in [6.07, 6.45) is 8.30. The molecule has 0 radical (unpaired) electrons. The molecule has 8 rings (SSSR count). The fraction of sp³-hybridized carbons (Fsp3) is 0.800. The topological polar surface area (TPSA) is 127 Å². The highest BCUT2D eigenvalue weighted by atomic mass is 16.5. The molecular weight excluding hydrogens is 516 g/mol. The Kier molecular flexibility index (Phi) is 6.81. The molecule has 2 saturated heterocycles. The van der Waals surface area contributed by atoms with E-state index in [0.29, 0.717) is 51.6 Å². The van der Waals surface area contributed by atoms with E-state index in [1.807, 2.05) is 0 Å². The number of carbonyl (C=O) groups is 6. The van der Waals surface area contributed by atoms with E-state index in [-0.39, 0.29) is 47.4 Å². The maximum absolute atomic E-state index is 13.4. The minimum absolute atomic E-state index is 0.141. The van der Waals surface area contributed by atoms with Crippen molar-refractivity contribution in [3.8, 4) is 0 Å². The van der Waals surface area contributed by atoms with E-state index in [4.69, 9.17) is 9.47 Å². The van der Waals surface area contributed by atoms with Crippen LogP contribution in [0.5, 0.6) is 0 Å². The highest BCUT2D eigenvalue weighted by molar-refractivity contribution is 6.09. The van der Waals surface area contributed by atoms with Crippen LogP contribution in [0.2, 0.25) is 0 Å². The molecule has 0 aromatic heterocycles. The smallest absolute Gasteiger partial charge is 0.312 e. The molecule has 6 aliphatic carbocycles. The standard InChI is InChI=1S/C30H40N2O8/c1-39-27(37)29-11-7-17(8-12-29)19-21(29)25(35)31(23(19)33)15-5-3-4-6-16-32-24(34)20-18-9-13-30(14-10-18,28(38)40-2)22(20)26(32)36/h17-22H,3-16H2,1-2H3/t17?,18?,19-,20+,21+,22-,29?,30?. The van der Waals surface area contributed by atoms with Crippen molar-refractivity contribution in [1.29, 1.82) is 0 Å². The minimum Gasteiger partial charge on any atom is -0.469 e. The van der Waals surface area contributed by atoms with Gasteiger partial charge >= 0.3 is 11.9 Å². The number of fused-ring (bicyclic) bond motifs is 4. The first kappa shape index (κ1) is 27.4. The van der Waals surface area contributed by atoms with Gasteiger partial charge in [-0.25, -0.2) is 0 Å². The second-order valence-corrected chi connectivity index (χ2v) is 13.0. The maximum atomic E-state index is 13.4. The van der Waals surface area contributed by atoms with Crippen LogP contribution in [-0.2, 0) is 38.2 Å². The van der Waals surface area contributed by atoms with E-state index in [1.165, 1.54) is 24.0 Å². The Hall–Kier alpha value is -2.78. The highest BCUT2D eigenvalue weighted by Gasteiger charge is 2.68. The number of carbonyl (C=O) groups excluding carboxylic acids is 6. The third kappa shape index (κ3) is 3.66. The Morgan fingerprint density at radius 1 is 0.625 bits per heavy atom. The number of hydrogen-bond acceptors (Lipinski definition) is 8. The molecule has 218 valence electrons. The summed E-state index contributed by atoms with van der Waals surface area (Å²) in [5, 5.41) is 0. The first-order valence-electron chi connectivity index (χ1n) is 15.1. The fourth-order valence-electron chi connectivity index (χ4n) is 9.67. The second kappa shape index (κ2) is 9.94. The van der Waals surface area contributed by atoms with Crippen LogP contribution in [0.25, 0.3) is 0 Å². The van der Waals surface area contributed by atoms with Gasteiger partial charge in [-0.15, -0.1) is 0 Å². The molecule has 6 saturated carbocycles. The van der Waals surface area contributed by atoms with Gasteiger partial charge in [0, 0.05) is 13.1 Å². The van der Waals surface area contributed by atoms with Gasteiger partial charge < -0.3 is 9.47 Å². The number of likely N-dealkylation sites (tertiary alicyclic amines) is 2. The number of ether oxygens (including phenoxy) is 2. The van der Waals surface area contributed by atoms with Crippen LogP contribution in [0.3, 0.4) is 0 Å². The van der Waals surface area contributed by atoms with E-state index < -0.39 is 34.5 Å². The van der Waals surface area contributed by atoms with Crippen LogP contribution < -0.4 is 0 Å². The minimum atomic E-state index is -0.867. The molecular formula is C30H40N2O8. The van der Waals surface area contributed by atoms with Gasteiger partial charge in [-0.2, -0.15) is 0 Å². The van der Waals surface area contributed by atoms with Gasteiger partial charge in [-0.3, -0.25) is 38.6 Å². The number of amides is 4. The number of methoxy groups -OCH3 is 2. The predicted molar refractivity (Wildman–Crippen MR) is 139 cm³/mol. The molecule has 4 bridgehead atoms. The lowest BCUT2D eigenvalue weighted by Gasteiger charge is -2.49. The molecule has 2 aliphatic heterocycles.